The predicted molar refractivity (Wildman–Crippen MR) is 99.9 cm³/mol. The molecule has 0 bridgehead atoms. The second kappa shape index (κ2) is 6.14. The van der Waals surface area contributed by atoms with E-state index in [0.29, 0.717) is 16.8 Å². The van der Waals surface area contributed by atoms with Gasteiger partial charge in [-0.15, -0.1) is 0 Å². The molecule has 0 amide bonds. The number of hydrogen-bond donors (Lipinski definition) is 1. The summed E-state index contributed by atoms with van der Waals surface area (Å²) in [5, 5.41) is 9.53. The Hall–Kier alpha value is -2.77. The second-order valence-corrected chi connectivity index (χ2v) is 8.66. The van der Waals surface area contributed by atoms with Crippen molar-refractivity contribution < 1.29 is 23.1 Å². The normalized spacial score (nSPS) is 14.6. The molecular weight excluding hydrogens is 390 g/mol. The quantitative estimate of drug-likeness (QED) is 0.692. The average molecular weight is 404 g/mol. The number of benzene rings is 2. The fourth-order valence-corrected chi connectivity index (χ4v) is 4.97. The molecule has 1 aliphatic heterocycles. The van der Waals surface area contributed by atoms with Crippen LogP contribution in [0.1, 0.15) is 21.5 Å². The third kappa shape index (κ3) is 2.98. The number of carbonyl (C=O) groups is 1. The van der Waals surface area contributed by atoms with Gasteiger partial charge in [0, 0.05) is 23.6 Å². The smallest absolute Gasteiger partial charge is 0.335 e. The number of aromatic carboxylic acids is 1. The first-order chi connectivity index (χ1) is 12.8. The van der Waals surface area contributed by atoms with Crippen LogP contribution in [0.25, 0.3) is 5.69 Å². The van der Waals surface area contributed by atoms with Crippen LogP contribution in [0.15, 0.2) is 53.7 Å². The summed E-state index contributed by atoms with van der Waals surface area (Å²) in [5.74, 6) is -1.17. The zero-order valence-corrected chi connectivity index (χ0v) is 15.7. The molecule has 0 unspecified atom stereocenters. The van der Waals surface area contributed by atoms with Gasteiger partial charge in [-0.25, -0.2) is 13.2 Å². The van der Waals surface area contributed by atoms with Crippen molar-refractivity contribution >= 4 is 27.4 Å². The standard InChI is InChI=1S/C19H14ClNO5S/c1-11-6-12(19(22)23)8-16-17(11)26-18-13(10-27(16,24)25)7-14(9-15(18)20)21-4-2-3-5-21/h2-9H,10H2,1H3,(H,22,23). The van der Waals surface area contributed by atoms with E-state index >= 15 is 0 Å². The van der Waals surface area contributed by atoms with Crippen molar-refractivity contribution in [1.29, 1.82) is 0 Å². The molecule has 1 N–H and O–H groups in total. The molecule has 27 heavy (non-hydrogen) atoms. The number of carboxylic acids is 1. The van der Waals surface area contributed by atoms with Crippen LogP contribution in [0.4, 0.5) is 0 Å². The summed E-state index contributed by atoms with van der Waals surface area (Å²) in [6.07, 6.45) is 3.64. The number of halogens is 1. The van der Waals surface area contributed by atoms with Gasteiger partial charge in [-0.2, -0.15) is 0 Å². The van der Waals surface area contributed by atoms with Crippen molar-refractivity contribution in [3.63, 3.8) is 0 Å². The van der Waals surface area contributed by atoms with E-state index in [4.69, 9.17) is 16.3 Å². The molecule has 3 aromatic rings. The Kier molecular flexibility index (Phi) is 4.01. The van der Waals surface area contributed by atoms with Crippen LogP contribution in [0.3, 0.4) is 0 Å². The molecule has 0 saturated carbocycles. The largest absolute Gasteiger partial charge is 0.478 e. The second-order valence-electron chi connectivity index (χ2n) is 6.29. The SMILES string of the molecule is Cc1cc(C(=O)O)cc2c1Oc1c(Cl)cc(-n3cccc3)cc1CS2(=O)=O. The van der Waals surface area contributed by atoms with Crippen molar-refractivity contribution in [3.05, 3.63) is 70.5 Å². The minimum atomic E-state index is -3.83. The minimum Gasteiger partial charge on any atom is -0.478 e. The van der Waals surface area contributed by atoms with Gasteiger partial charge < -0.3 is 14.4 Å². The highest BCUT2D eigenvalue weighted by molar-refractivity contribution is 7.90. The van der Waals surface area contributed by atoms with Crippen LogP contribution < -0.4 is 4.74 Å². The van der Waals surface area contributed by atoms with Crippen molar-refractivity contribution in [3.8, 4) is 17.2 Å². The minimum absolute atomic E-state index is 0.106. The maximum Gasteiger partial charge on any atom is 0.335 e. The van der Waals surface area contributed by atoms with Gasteiger partial charge in [0.05, 0.1) is 16.3 Å². The van der Waals surface area contributed by atoms with Crippen LogP contribution >= 0.6 is 11.6 Å². The molecule has 4 rings (SSSR count). The highest BCUT2D eigenvalue weighted by Crippen LogP contribution is 2.44. The van der Waals surface area contributed by atoms with Crippen LogP contribution in [0, 0.1) is 6.92 Å². The molecule has 0 spiro atoms. The number of ether oxygens (including phenoxy) is 1. The molecule has 1 aromatic heterocycles. The third-order valence-corrected chi connectivity index (χ3v) is 6.33. The first-order valence-electron chi connectivity index (χ1n) is 8.00. The molecule has 0 aliphatic carbocycles. The molecule has 6 nitrogen and oxygen atoms in total. The number of nitrogens with zero attached hydrogens (tertiary/aromatic N) is 1. The van der Waals surface area contributed by atoms with Crippen LogP contribution in [-0.2, 0) is 15.6 Å². The molecule has 8 heteroatoms. The Labute approximate surface area is 160 Å². The summed E-state index contributed by atoms with van der Waals surface area (Å²) in [5.41, 5.74) is 1.42. The maximum absolute atomic E-state index is 13.0. The van der Waals surface area contributed by atoms with E-state index in [9.17, 15) is 18.3 Å². The first-order valence-corrected chi connectivity index (χ1v) is 10.0. The molecule has 2 heterocycles. The van der Waals surface area contributed by atoms with E-state index in [1.165, 1.54) is 6.07 Å². The van der Waals surface area contributed by atoms with E-state index in [1.54, 1.807) is 19.1 Å². The van der Waals surface area contributed by atoms with Crippen LogP contribution in [-0.4, -0.2) is 24.1 Å². The number of carboxylic acid groups (broad SMARTS) is 1. The van der Waals surface area contributed by atoms with Gasteiger partial charge in [0.2, 0.25) is 0 Å². The molecular formula is C19H14ClNO5S. The molecule has 0 saturated heterocycles. The van der Waals surface area contributed by atoms with Crippen LogP contribution in [0.5, 0.6) is 11.5 Å². The van der Waals surface area contributed by atoms with E-state index in [2.05, 4.69) is 0 Å². The van der Waals surface area contributed by atoms with E-state index in [-0.39, 0.29) is 32.7 Å². The first kappa shape index (κ1) is 17.6. The summed E-state index contributed by atoms with van der Waals surface area (Å²) in [7, 11) is -3.83. The number of rotatable bonds is 2. The number of fused-ring (bicyclic) bond motifs is 2. The Morgan fingerprint density at radius 2 is 1.85 bits per heavy atom. The molecule has 2 aromatic carbocycles. The topological polar surface area (TPSA) is 85.6 Å². The van der Waals surface area contributed by atoms with Gasteiger partial charge in [0.15, 0.2) is 9.84 Å². The number of aryl methyl sites for hydroxylation is 1. The fourth-order valence-electron chi connectivity index (χ4n) is 3.12. The van der Waals surface area contributed by atoms with E-state index < -0.39 is 15.8 Å². The van der Waals surface area contributed by atoms with Crippen LogP contribution in [0.2, 0.25) is 5.02 Å². The summed E-state index contributed by atoms with van der Waals surface area (Å²) in [6.45, 7) is 1.61. The fraction of sp³-hybridized carbons (Fsp3) is 0.105. The summed E-state index contributed by atoms with van der Waals surface area (Å²) >= 11 is 6.40. The molecule has 138 valence electrons. The number of sulfone groups is 1. The van der Waals surface area contributed by atoms with Crippen molar-refractivity contribution in [2.45, 2.75) is 17.6 Å². The molecule has 0 atom stereocenters. The van der Waals surface area contributed by atoms with Gasteiger partial charge in [0.1, 0.15) is 16.4 Å². The predicted octanol–water partition coefficient (Wildman–Crippen LogP) is 4.22. The number of aromatic nitrogens is 1. The van der Waals surface area contributed by atoms with Crippen molar-refractivity contribution in [2.75, 3.05) is 0 Å². The monoisotopic (exact) mass is 403 g/mol. The zero-order valence-electron chi connectivity index (χ0n) is 14.1. The summed E-state index contributed by atoms with van der Waals surface area (Å²) in [4.78, 5) is 11.2. The molecule has 0 radical (unpaired) electrons. The van der Waals surface area contributed by atoms with Crippen molar-refractivity contribution in [1.82, 2.24) is 4.57 Å². The van der Waals surface area contributed by atoms with E-state index in [0.717, 1.165) is 6.07 Å². The van der Waals surface area contributed by atoms with Gasteiger partial charge in [-0.05, 0) is 48.9 Å². The van der Waals surface area contributed by atoms with Gasteiger partial charge >= 0.3 is 5.97 Å². The summed E-state index contributed by atoms with van der Waals surface area (Å²) in [6, 6.07) is 9.60. The average Bonchev–Trinajstić information content (AvgIpc) is 3.08. The Bertz CT molecular complexity index is 1180. The Morgan fingerprint density at radius 3 is 2.52 bits per heavy atom. The molecule has 0 fully saturated rings. The number of hydrogen-bond acceptors (Lipinski definition) is 4. The zero-order chi connectivity index (χ0) is 19.3. The molecule has 1 aliphatic rings. The van der Waals surface area contributed by atoms with Gasteiger partial charge in [0.25, 0.3) is 0 Å². The lowest BCUT2D eigenvalue weighted by molar-refractivity contribution is 0.0696. The lowest BCUT2D eigenvalue weighted by Gasteiger charge is -2.14. The Balaban J connectivity index is 1.94. The van der Waals surface area contributed by atoms with Crippen molar-refractivity contribution in [2.24, 2.45) is 0 Å². The summed E-state index contributed by atoms with van der Waals surface area (Å²) < 4.78 is 33.6. The highest BCUT2D eigenvalue weighted by Gasteiger charge is 2.31. The van der Waals surface area contributed by atoms with Gasteiger partial charge in [-0.3, -0.25) is 0 Å². The lowest BCUT2D eigenvalue weighted by atomic mass is 10.1. The van der Waals surface area contributed by atoms with E-state index in [1.807, 2.05) is 29.1 Å². The third-order valence-electron chi connectivity index (χ3n) is 4.38. The lowest BCUT2D eigenvalue weighted by Crippen LogP contribution is -2.07. The highest BCUT2D eigenvalue weighted by atomic mass is 35.5. The Morgan fingerprint density at radius 1 is 1.15 bits per heavy atom. The van der Waals surface area contributed by atoms with Gasteiger partial charge in [-0.1, -0.05) is 11.6 Å². The maximum atomic E-state index is 13.0.